The summed E-state index contributed by atoms with van der Waals surface area (Å²) in [5, 5.41) is 2.29. The molecule has 2 heterocycles. The average Bonchev–Trinajstić information content (AvgIpc) is 3.22. The fraction of sp³-hybridized carbons (Fsp3) is 0.190. The van der Waals surface area contributed by atoms with E-state index in [0.29, 0.717) is 17.1 Å². The third kappa shape index (κ3) is 5.10. The van der Waals surface area contributed by atoms with Crippen LogP contribution in [0.3, 0.4) is 0 Å². The molecule has 166 valence electrons. The molecule has 1 N–H and O–H groups in total. The van der Waals surface area contributed by atoms with E-state index in [2.05, 4.69) is 15.3 Å². The molecule has 0 spiro atoms. The summed E-state index contributed by atoms with van der Waals surface area (Å²) in [4.78, 5) is 19.8. The summed E-state index contributed by atoms with van der Waals surface area (Å²) < 4.78 is 64.2. The lowest BCUT2D eigenvalue weighted by molar-refractivity contribution is -0.141. The molecule has 0 fully saturated rings. The van der Waals surface area contributed by atoms with Crippen LogP contribution in [0.15, 0.2) is 53.7 Å². The van der Waals surface area contributed by atoms with Gasteiger partial charge in [0.15, 0.2) is 16.7 Å². The van der Waals surface area contributed by atoms with Crippen molar-refractivity contribution in [3.8, 4) is 22.8 Å². The van der Waals surface area contributed by atoms with Crippen molar-refractivity contribution in [2.24, 2.45) is 0 Å². The highest BCUT2D eigenvalue weighted by atomic mass is 32.2. The number of hydrogen-bond donors (Lipinski definition) is 1. The Morgan fingerprint density at radius 1 is 1.06 bits per heavy atom. The van der Waals surface area contributed by atoms with E-state index >= 15 is 0 Å². The Labute approximate surface area is 184 Å². The molecule has 0 saturated carbocycles. The lowest BCUT2D eigenvalue weighted by Gasteiger charge is -2.11. The van der Waals surface area contributed by atoms with Crippen LogP contribution >= 0.6 is 11.8 Å². The average molecular weight is 465 g/mol. The first-order chi connectivity index (χ1) is 15.3. The molecular formula is C21H15F4N3O3S. The molecule has 6 nitrogen and oxygen atoms in total. The number of ether oxygens (including phenoxy) is 2. The monoisotopic (exact) mass is 465 g/mol. The zero-order valence-corrected chi connectivity index (χ0v) is 17.1. The van der Waals surface area contributed by atoms with Crippen molar-refractivity contribution >= 4 is 23.4 Å². The minimum absolute atomic E-state index is 0.0305. The van der Waals surface area contributed by atoms with E-state index in [1.165, 1.54) is 18.2 Å². The van der Waals surface area contributed by atoms with Crippen molar-refractivity contribution in [1.82, 2.24) is 9.97 Å². The lowest BCUT2D eigenvalue weighted by Crippen LogP contribution is -2.13. The predicted octanol–water partition coefficient (Wildman–Crippen LogP) is 5.15. The van der Waals surface area contributed by atoms with Gasteiger partial charge < -0.3 is 14.8 Å². The Hall–Kier alpha value is -3.34. The number of nitrogens with zero attached hydrogens (tertiary/aromatic N) is 2. The maximum atomic E-state index is 13.6. The lowest BCUT2D eigenvalue weighted by atomic mass is 10.1. The maximum absolute atomic E-state index is 13.6. The predicted molar refractivity (Wildman–Crippen MR) is 109 cm³/mol. The third-order valence-electron chi connectivity index (χ3n) is 4.37. The number of para-hydroxylation sites is 1. The molecule has 0 atom stereocenters. The minimum atomic E-state index is -4.68. The van der Waals surface area contributed by atoms with Crippen LogP contribution in [0.1, 0.15) is 12.1 Å². The SMILES string of the molecule is O=C(CCSc1nc(-c2ccc3c(c2)OCO3)cc(C(F)(F)F)n1)Nc1ccccc1F. The van der Waals surface area contributed by atoms with Gasteiger partial charge in [0.25, 0.3) is 0 Å². The number of aromatic nitrogens is 2. The number of rotatable bonds is 6. The van der Waals surface area contributed by atoms with E-state index in [9.17, 15) is 22.4 Å². The van der Waals surface area contributed by atoms with Gasteiger partial charge in [0.2, 0.25) is 12.7 Å². The van der Waals surface area contributed by atoms with Crippen LogP contribution in [-0.4, -0.2) is 28.4 Å². The number of hydrogen-bond acceptors (Lipinski definition) is 6. The largest absolute Gasteiger partial charge is 0.454 e. The fourth-order valence-electron chi connectivity index (χ4n) is 2.85. The van der Waals surface area contributed by atoms with Crippen LogP contribution < -0.4 is 14.8 Å². The Balaban J connectivity index is 1.49. The summed E-state index contributed by atoms with van der Waals surface area (Å²) in [6.07, 6.45) is -4.75. The first-order valence-electron chi connectivity index (χ1n) is 9.33. The van der Waals surface area contributed by atoms with E-state index in [4.69, 9.17) is 9.47 Å². The number of amides is 1. The van der Waals surface area contributed by atoms with Crippen molar-refractivity contribution in [1.29, 1.82) is 0 Å². The van der Waals surface area contributed by atoms with Gasteiger partial charge in [-0.2, -0.15) is 13.2 Å². The number of halogens is 4. The molecule has 0 unspecified atom stereocenters. The fourth-order valence-corrected chi connectivity index (χ4v) is 3.64. The van der Waals surface area contributed by atoms with Crippen LogP contribution in [0.2, 0.25) is 0 Å². The number of carbonyl (C=O) groups is 1. The number of nitrogens with one attached hydrogen (secondary N) is 1. The molecule has 0 radical (unpaired) electrons. The molecule has 0 aliphatic carbocycles. The van der Waals surface area contributed by atoms with Crippen LogP contribution in [0.25, 0.3) is 11.3 Å². The van der Waals surface area contributed by atoms with Crippen molar-refractivity contribution in [3.63, 3.8) is 0 Å². The summed E-state index contributed by atoms with van der Waals surface area (Å²) in [7, 11) is 0. The second kappa shape index (κ2) is 9.03. The number of thioether (sulfide) groups is 1. The number of alkyl halides is 3. The van der Waals surface area contributed by atoms with Gasteiger partial charge in [-0.3, -0.25) is 4.79 Å². The first-order valence-corrected chi connectivity index (χ1v) is 10.3. The maximum Gasteiger partial charge on any atom is 0.433 e. The van der Waals surface area contributed by atoms with Gasteiger partial charge in [-0.25, -0.2) is 14.4 Å². The van der Waals surface area contributed by atoms with E-state index < -0.39 is 23.6 Å². The van der Waals surface area contributed by atoms with Crippen molar-refractivity contribution < 1.29 is 31.8 Å². The highest BCUT2D eigenvalue weighted by Crippen LogP contribution is 2.37. The van der Waals surface area contributed by atoms with Crippen LogP contribution in [0.5, 0.6) is 11.5 Å². The Bertz CT molecular complexity index is 1160. The summed E-state index contributed by atoms with van der Waals surface area (Å²) in [6, 6.07) is 11.2. The smallest absolute Gasteiger partial charge is 0.433 e. The molecule has 1 amide bonds. The molecule has 0 bridgehead atoms. The molecule has 2 aromatic carbocycles. The molecule has 1 aliphatic rings. The van der Waals surface area contributed by atoms with E-state index in [-0.39, 0.29) is 35.5 Å². The standard InChI is InChI=1S/C21H15F4N3O3S/c22-13-3-1-2-4-14(13)26-19(29)7-8-32-20-27-15(10-18(28-20)21(23,24)25)12-5-6-16-17(9-12)31-11-30-16/h1-6,9-10H,7-8,11H2,(H,26,29). The summed E-state index contributed by atoms with van der Waals surface area (Å²) in [5.74, 6) is -0.0565. The van der Waals surface area contributed by atoms with Crippen molar-refractivity contribution in [2.45, 2.75) is 17.8 Å². The molecule has 0 saturated heterocycles. The van der Waals surface area contributed by atoms with E-state index in [0.717, 1.165) is 17.8 Å². The summed E-state index contributed by atoms with van der Waals surface area (Å²) >= 11 is 0.895. The molecular weight excluding hydrogens is 450 g/mol. The number of anilines is 1. The van der Waals surface area contributed by atoms with Gasteiger partial charge in [0.1, 0.15) is 11.5 Å². The highest BCUT2D eigenvalue weighted by molar-refractivity contribution is 7.99. The van der Waals surface area contributed by atoms with Gasteiger partial charge in [0, 0.05) is 17.7 Å². The zero-order valence-electron chi connectivity index (χ0n) is 16.3. The number of benzene rings is 2. The summed E-state index contributed by atoms with van der Waals surface area (Å²) in [6.45, 7) is 0.0341. The number of fused-ring (bicyclic) bond motifs is 1. The van der Waals surface area contributed by atoms with Crippen LogP contribution in [0, 0.1) is 5.82 Å². The highest BCUT2D eigenvalue weighted by Gasteiger charge is 2.34. The minimum Gasteiger partial charge on any atom is -0.454 e. The van der Waals surface area contributed by atoms with Gasteiger partial charge in [0.05, 0.1) is 11.4 Å². The molecule has 11 heteroatoms. The first kappa shape index (κ1) is 21.9. The molecule has 32 heavy (non-hydrogen) atoms. The Kier molecular flexibility index (Phi) is 6.17. The molecule has 1 aromatic heterocycles. The van der Waals surface area contributed by atoms with Gasteiger partial charge in [-0.05, 0) is 36.4 Å². The quantitative estimate of drug-likeness (QED) is 0.308. The van der Waals surface area contributed by atoms with Gasteiger partial charge in [-0.15, -0.1) is 0 Å². The van der Waals surface area contributed by atoms with Crippen molar-refractivity contribution in [2.75, 3.05) is 17.9 Å². The molecule has 4 rings (SSSR count). The van der Waals surface area contributed by atoms with Gasteiger partial charge in [-0.1, -0.05) is 23.9 Å². The molecule has 1 aliphatic heterocycles. The van der Waals surface area contributed by atoms with E-state index in [1.807, 2.05) is 0 Å². The molecule has 3 aromatic rings. The Morgan fingerprint density at radius 2 is 1.84 bits per heavy atom. The Morgan fingerprint density at radius 3 is 2.62 bits per heavy atom. The third-order valence-corrected chi connectivity index (χ3v) is 5.22. The zero-order chi connectivity index (χ0) is 22.7. The normalized spacial score (nSPS) is 12.6. The van der Waals surface area contributed by atoms with E-state index in [1.54, 1.807) is 24.3 Å². The number of carbonyl (C=O) groups excluding carboxylic acids is 1. The second-order valence-electron chi connectivity index (χ2n) is 6.61. The topological polar surface area (TPSA) is 73.3 Å². The second-order valence-corrected chi connectivity index (χ2v) is 7.68. The van der Waals surface area contributed by atoms with Crippen LogP contribution in [0.4, 0.5) is 23.2 Å². The summed E-state index contributed by atoms with van der Waals surface area (Å²) in [5.41, 5.74) is -0.605. The van der Waals surface area contributed by atoms with Gasteiger partial charge >= 0.3 is 6.18 Å². The van der Waals surface area contributed by atoms with Crippen molar-refractivity contribution in [3.05, 3.63) is 60.0 Å². The van der Waals surface area contributed by atoms with Crippen LogP contribution in [-0.2, 0) is 11.0 Å².